The number of methoxy groups -OCH3 is 2. The molecule has 4 rings (SSSR count). The van der Waals surface area contributed by atoms with Crippen molar-refractivity contribution >= 4 is 11.7 Å². The van der Waals surface area contributed by atoms with Crippen LogP contribution in [-0.2, 0) is 0 Å². The van der Waals surface area contributed by atoms with E-state index in [1.807, 2.05) is 18.2 Å². The molecule has 0 bridgehead atoms. The van der Waals surface area contributed by atoms with Crippen molar-refractivity contribution in [3.05, 3.63) is 47.5 Å². The zero-order valence-corrected chi connectivity index (χ0v) is 17.3. The van der Waals surface area contributed by atoms with E-state index < -0.39 is 0 Å². The van der Waals surface area contributed by atoms with E-state index in [9.17, 15) is 0 Å². The fraction of sp³-hybridized carbons (Fsp3) is 0.364. The van der Waals surface area contributed by atoms with Crippen molar-refractivity contribution in [3.8, 4) is 22.9 Å². The summed E-state index contributed by atoms with van der Waals surface area (Å²) in [6.45, 7) is 7.75. The molecule has 0 amide bonds. The highest BCUT2D eigenvalue weighted by Gasteiger charge is 2.23. The minimum absolute atomic E-state index is 0.493. The Hall–Kier alpha value is -3.22. The number of nitrogens with zero attached hydrogens (tertiary/aromatic N) is 4. The minimum atomic E-state index is 0.493. The molecule has 0 radical (unpaired) electrons. The van der Waals surface area contributed by atoms with E-state index in [1.165, 1.54) is 16.8 Å². The topological polar surface area (TPSA) is 63.9 Å². The number of benzene rings is 2. The number of hydrogen-bond donors (Lipinski definition) is 0. The number of ether oxygens (including phenoxy) is 2. The Bertz CT molecular complexity index is 993. The second kappa shape index (κ2) is 8.03. The summed E-state index contributed by atoms with van der Waals surface area (Å²) in [5.41, 5.74) is 4.63. The Morgan fingerprint density at radius 2 is 1.66 bits per heavy atom. The molecule has 0 atom stereocenters. The lowest BCUT2D eigenvalue weighted by molar-refractivity contribution is 0.400. The lowest BCUT2D eigenvalue weighted by Crippen LogP contribution is -2.47. The van der Waals surface area contributed by atoms with Crippen molar-refractivity contribution in [1.29, 1.82) is 0 Å². The van der Waals surface area contributed by atoms with Gasteiger partial charge in [0.2, 0.25) is 5.82 Å². The third-order valence-corrected chi connectivity index (χ3v) is 5.32. The Morgan fingerprint density at radius 1 is 0.897 bits per heavy atom. The van der Waals surface area contributed by atoms with Crippen LogP contribution in [0.1, 0.15) is 11.1 Å². The normalized spacial score (nSPS) is 14.2. The summed E-state index contributed by atoms with van der Waals surface area (Å²) >= 11 is 0. The molecule has 0 N–H and O–H groups in total. The monoisotopic (exact) mass is 394 g/mol. The summed E-state index contributed by atoms with van der Waals surface area (Å²) in [6, 6.07) is 12.7. The molecule has 29 heavy (non-hydrogen) atoms. The molecule has 1 fully saturated rings. The summed E-state index contributed by atoms with van der Waals surface area (Å²) in [5.74, 6) is 1.89. The van der Waals surface area contributed by atoms with Gasteiger partial charge in [-0.2, -0.15) is 4.98 Å². The Kier molecular flexibility index (Phi) is 5.29. The molecule has 1 saturated heterocycles. The Morgan fingerprint density at radius 3 is 2.38 bits per heavy atom. The van der Waals surface area contributed by atoms with E-state index in [1.54, 1.807) is 14.2 Å². The highest BCUT2D eigenvalue weighted by Crippen LogP contribution is 2.33. The molecule has 3 aromatic rings. The summed E-state index contributed by atoms with van der Waals surface area (Å²) in [6.07, 6.45) is 0. The van der Waals surface area contributed by atoms with Crippen LogP contribution < -0.4 is 19.3 Å². The SMILES string of the molecule is COc1ccc(OC)c(-c2noc(N3CCN(c4cc(C)ccc4C)CC3)n2)c1. The fourth-order valence-electron chi connectivity index (χ4n) is 3.64. The maximum atomic E-state index is 5.57. The molecule has 0 unspecified atom stereocenters. The molecular weight excluding hydrogens is 368 g/mol. The van der Waals surface area contributed by atoms with E-state index in [0.29, 0.717) is 23.3 Å². The first-order chi connectivity index (χ1) is 14.1. The average Bonchev–Trinajstić information content (AvgIpc) is 3.25. The number of aromatic nitrogens is 2. The van der Waals surface area contributed by atoms with E-state index in [2.05, 4.69) is 52.0 Å². The Balaban J connectivity index is 1.50. The number of anilines is 2. The van der Waals surface area contributed by atoms with Crippen molar-refractivity contribution in [2.24, 2.45) is 0 Å². The number of hydrogen-bond acceptors (Lipinski definition) is 7. The van der Waals surface area contributed by atoms with Gasteiger partial charge < -0.3 is 23.8 Å². The van der Waals surface area contributed by atoms with Crippen LogP contribution in [0.4, 0.5) is 11.7 Å². The van der Waals surface area contributed by atoms with Crippen molar-refractivity contribution in [2.45, 2.75) is 13.8 Å². The molecule has 2 heterocycles. The van der Waals surface area contributed by atoms with Crippen LogP contribution in [0.5, 0.6) is 11.5 Å². The first kappa shape index (κ1) is 19.1. The largest absolute Gasteiger partial charge is 0.497 e. The van der Waals surface area contributed by atoms with Gasteiger partial charge in [-0.3, -0.25) is 0 Å². The van der Waals surface area contributed by atoms with Crippen LogP contribution in [0.3, 0.4) is 0 Å². The Labute approximate surface area is 170 Å². The smallest absolute Gasteiger partial charge is 0.324 e. The van der Waals surface area contributed by atoms with Gasteiger partial charge in [-0.05, 0) is 49.2 Å². The highest BCUT2D eigenvalue weighted by molar-refractivity contribution is 5.66. The molecule has 1 aliphatic heterocycles. The molecule has 7 nitrogen and oxygen atoms in total. The lowest BCUT2D eigenvalue weighted by Gasteiger charge is -2.36. The van der Waals surface area contributed by atoms with Crippen molar-refractivity contribution in [2.75, 3.05) is 50.2 Å². The van der Waals surface area contributed by atoms with Crippen LogP contribution in [-0.4, -0.2) is 50.5 Å². The van der Waals surface area contributed by atoms with Gasteiger partial charge in [0.15, 0.2) is 0 Å². The van der Waals surface area contributed by atoms with E-state index >= 15 is 0 Å². The molecule has 7 heteroatoms. The van der Waals surface area contributed by atoms with Gasteiger partial charge in [0.05, 0.1) is 19.8 Å². The molecule has 152 valence electrons. The van der Waals surface area contributed by atoms with Gasteiger partial charge in [0.25, 0.3) is 0 Å². The molecule has 1 aliphatic rings. The fourth-order valence-corrected chi connectivity index (χ4v) is 3.64. The van der Waals surface area contributed by atoms with Gasteiger partial charge in [-0.15, -0.1) is 0 Å². The third kappa shape index (κ3) is 3.85. The van der Waals surface area contributed by atoms with Gasteiger partial charge in [-0.1, -0.05) is 17.3 Å². The molecule has 1 aromatic heterocycles. The summed E-state index contributed by atoms with van der Waals surface area (Å²) < 4.78 is 16.3. The van der Waals surface area contributed by atoms with E-state index in [4.69, 9.17) is 14.0 Å². The first-order valence-corrected chi connectivity index (χ1v) is 9.72. The average molecular weight is 394 g/mol. The highest BCUT2D eigenvalue weighted by atomic mass is 16.5. The molecular formula is C22H26N4O3. The number of rotatable bonds is 5. The van der Waals surface area contributed by atoms with Crippen LogP contribution >= 0.6 is 0 Å². The zero-order chi connectivity index (χ0) is 20.4. The van der Waals surface area contributed by atoms with E-state index in [-0.39, 0.29) is 0 Å². The maximum absolute atomic E-state index is 5.57. The molecule has 0 spiro atoms. The van der Waals surface area contributed by atoms with Crippen LogP contribution in [0.2, 0.25) is 0 Å². The van der Waals surface area contributed by atoms with E-state index in [0.717, 1.165) is 31.7 Å². The predicted octanol–water partition coefficient (Wildman–Crippen LogP) is 3.70. The summed E-state index contributed by atoms with van der Waals surface area (Å²) in [7, 11) is 3.25. The van der Waals surface area contributed by atoms with Crippen LogP contribution in [0, 0.1) is 13.8 Å². The van der Waals surface area contributed by atoms with Gasteiger partial charge >= 0.3 is 6.01 Å². The van der Waals surface area contributed by atoms with Crippen molar-refractivity contribution < 1.29 is 14.0 Å². The van der Waals surface area contributed by atoms with Crippen LogP contribution in [0.15, 0.2) is 40.9 Å². The van der Waals surface area contributed by atoms with Gasteiger partial charge in [-0.25, -0.2) is 0 Å². The summed E-state index contributed by atoms with van der Waals surface area (Å²) in [4.78, 5) is 9.16. The standard InChI is InChI=1S/C22H26N4O3/c1-15-5-6-16(2)19(13-15)25-9-11-26(12-10-25)22-23-21(24-29-22)18-14-17(27-3)7-8-20(18)28-4/h5-8,13-14H,9-12H2,1-4H3. The second-order valence-corrected chi connectivity index (χ2v) is 7.23. The van der Waals surface area contributed by atoms with Crippen LogP contribution in [0.25, 0.3) is 11.4 Å². The minimum Gasteiger partial charge on any atom is -0.497 e. The summed E-state index contributed by atoms with van der Waals surface area (Å²) in [5, 5.41) is 4.17. The lowest BCUT2D eigenvalue weighted by atomic mass is 10.1. The van der Waals surface area contributed by atoms with Crippen molar-refractivity contribution in [3.63, 3.8) is 0 Å². The molecule has 2 aromatic carbocycles. The van der Waals surface area contributed by atoms with Gasteiger partial charge in [0.1, 0.15) is 11.5 Å². The number of piperazine rings is 1. The zero-order valence-electron chi connectivity index (χ0n) is 17.3. The third-order valence-electron chi connectivity index (χ3n) is 5.32. The van der Waals surface area contributed by atoms with Crippen molar-refractivity contribution in [1.82, 2.24) is 10.1 Å². The maximum Gasteiger partial charge on any atom is 0.324 e. The second-order valence-electron chi connectivity index (χ2n) is 7.23. The number of aryl methyl sites for hydroxylation is 2. The first-order valence-electron chi connectivity index (χ1n) is 9.72. The predicted molar refractivity (Wildman–Crippen MR) is 113 cm³/mol. The molecule has 0 aliphatic carbocycles. The molecule has 0 saturated carbocycles. The quantitative estimate of drug-likeness (QED) is 0.654. The van der Waals surface area contributed by atoms with Gasteiger partial charge in [0, 0.05) is 31.9 Å².